The molecule has 0 radical (unpaired) electrons. The standard InChI is InChI=1S/C9H15N3O2S2/c1-6(2)4-5-11-16(13,14)8-7(3)12-9(10)15-8/h4,11H,5H2,1-3H3,(H2,10,12). The van der Waals surface area contributed by atoms with Crippen molar-refractivity contribution in [3.05, 3.63) is 17.3 Å². The highest BCUT2D eigenvalue weighted by atomic mass is 32.2. The minimum atomic E-state index is -3.48. The predicted octanol–water partition coefficient (Wildman–Crippen LogP) is 1.28. The van der Waals surface area contributed by atoms with Gasteiger partial charge in [-0.1, -0.05) is 23.0 Å². The molecule has 1 heterocycles. The minimum absolute atomic E-state index is 0.187. The van der Waals surface area contributed by atoms with E-state index in [2.05, 4.69) is 9.71 Å². The Morgan fingerprint density at radius 3 is 2.62 bits per heavy atom. The van der Waals surface area contributed by atoms with Crippen molar-refractivity contribution in [3.63, 3.8) is 0 Å². The number of thiazole rings is 1. The van der Waals surface area contributed by atoms with Crippen molar-refractivity contribution < 1.29 is 8.42 Å². The van der Waals surface area contributed by atoms with Gasteiger partial charge in [0, 0.05) is 6.54 Å². The van der Waals surface area contributed by atoms with Crippen LogP contribution in [0.5, 0.6) is 0 Å². The second kappa shape index (κ2) is 4.94. The average molecular weight is 261 g/mol. The summed E-state index contributed by atoms with van der Waals surface area (Å²) in [5.74, 6) is 0. The molecule has 3 N–H and O–H groups in total. The maximum atomic E-state index is 11.8. The molecule has 90 valence electrons. The van der Waals surface area contributed by atoms with E-state index in [1.54, 1.807) is 13.0 Å². The number of aromatic nitrogens is 1. The number of nitrogen functional groups attached to an aromatic ring is 1. The van der Waals surface area contributed by atoms with Crippen molar-refractivity contribution in [2.75, 3.05) is 12.3 Å². The molecule has 0 aromatic carbocycles. The van der Waals surface area contributed by atoms with Crippen LogP contribution < -0.4 is 10.5 Å². The second-order valence-corrected chi connectivity index (χ2v) is 6.55. The predicted molar refractivity (Wildman–Crippen MR) is 65.9 cm³/mol. The van der Waals surface area contributed by atoms with Crippen LogP contribution in [0.2, 0.25) is 0 Å². The van der Waals surface area contributed by atoms with Gasteiger partial charge in [-0.15, -0.1) is 0 Å². The van der Waals surface area contributed by atoms with Gasteiger partial charge in [-0.25, -0.2) is 18.1 Å². The third kappa shape index (κ3) is 3.29. The summed E-state index contributed by atoms with van der Waals surface area (Å²) in [6.07, 6.45) is 1.80. The lowest BCUT2D eigenvalue weighted by Gasteiger charge is -2.02. The van der Waals surface area contributed by atoms with Crippen LogP contribution in [0.15, 0.2) is 15.9 Å². The molecule has 16 heavy (non-hydrogen) atoms. The summed E-state index contributed by atoms with van der Waals surface area (Å²) < 4.78 is 26.3. The molecule has 1 aromatic rings. The van der Waals surface area contributed by atoms with Crippen molar-refractivity contribution >= 4 is 26.5 Å². The normalized spacial score (nSPS) is 11.4. The summed E-state index contributed by atoms with van der Waals surface area (Å²) >= 11 is 0.976. The number of nitrogens with two attached hydrogens (primary N) is 1. The Morgan fingerprint density at radius 1 is 1.56 bits per heavy atom. The van der Waals surface area contributed by atoms with Crippen molar-refractivity contribution in [1.82, 2.24) is 9.71 Å². The van der Waals surface area contributed by atoms with Gasteiger partial charge in [-0.3, -0.25) is 0 Å². The molecule has 0 aliphatic heterocycles. The molecule has 0 atom stereocenters. The van der Waals surface area contributed by atoms with E-state index in [9.17, 15) is 8.42 Å². The lowest BCUT2D eigenvalue weighted by molar-refractivity contribution is 0.587. The highest BCUT2D eigenvalue weighted by Crippen LogP contribution is 2.24. The number of nitrogens with zero attached hydrogens (tertiary/aromatic N) is 1. The summed E-state index contributed by atoms with van der Waals surface area (Å²) in [5.41, 5.74) is 6.95. The van der Waals surface area contributed by atoms with Crippen molar-refractivity contribution in [2.24, 2.45) is 0 Å². The monoisotopic (exact) mass is 261 g/mol. The smallest absolute Gasteiger partial charge is 0.252 e. The van der Waals surface area contributed by atoms with Crippen LogP contribution in [0.1, 0.15) is 19.5 Å². The number of sulfonamides is 1. The lowest BCUT2D eigenvalue weighted by atomic mass is 10.3. The van der Waals surface area contributed by atoms with E-state index in [1.165, 1.54) is 0 Å². The highest BCUT2D eigenvalue weighted by molar-refractivity contribution is 7.91. The number of nitrogens with one attached hydrogen (secondary N) is 1. The van der Waals surface area contributed by atoms with Crippen LogP contribution in [-0.4, -0.2) is 19.9 Å². The van der Waals surface area contributed by atoms with E-state index in [0.717, 1.165) is 16.9 Å². The van der Waals surface area contributed by atoms with Crippen molar-refractivity contribution in [2.45, 2.75) is 25.0 Å². The Balaban J connectivity index is 2.87. The molecule has 0 fully saturated rings. The maximum Gasteiger partial charge on any atom is 0.252 e. The minimum Gasteiger partial charge on any atom is -0.375 e. The zero-order valence-electron chi connectivity index (χ0n) is 9.44. The highest BCUT2D eigenvalue weighted by Gasteiger charge is 2.20. The van der Waals surface area contributed by atoms with E-state index in [4.69, 9.17) is 5.73 Å². The summed E-state index contributed by atoms with van der Waals surface area (Å²) in [7, 11) is -3.48. The number of rotatable bonds is 4. The topological polar surface area (TPSA) is 85.1 Å². The van der Waals surface area contributed by atoms with E-state index in [0.29, 0.717) is 5.69 Å². The maximum absolute atomic E-state index is 11.8. The molecule has 0 spiro atoms. The molecule has 0 unspecified atom stereocenters. The molecule has 1 aromatic heterocycles. The van der Waals surface area contributed by atoms with Gasteiger partial charge in [0.1, 0.15) is 0 Å². The Labute approximate surface area is 99.4 Å². The summed E-state index contributed by atoms with van der Waals surface area (Å²) in [6, 6.07) is 0. The van der Waals surface area contributed by atoms with Crippen LogP contribution in [0.3, 0.4) is 0 Å². The van der Waals surface area contributed by atoms with Crippen LogP contribution in [0.4, 0.5) is 5.13 Å². The van der Waals surface area contributed by atoms with Crippen molar-refractivity contribution in [1.29, 1.82) is 0 Å². The molecular weight excluding hydrogens is 246 g/mol. The number of hydrogen-bond donors (Lipinski definition) is 2. The summed E-state index contributed by atoms with van der Waals surface area (Å²) in [5, 5.41) is 0.264. The first-order chi connectivity index (χ1) is 7.33. The van der Waals surface area contributed by atoms with Gasteiger partial charge in [0.2, 0.25) is 0 Å². The Morgan fingerprint density at radius 2 is 2.19 bits per heavy atom. The molecule has 0 saturated heterocycles. The number of aryl methyl sites for hydroxylation is 1. The van der Waals surface area contributed by atoms with E-state index in [1.807, 2.05) is 13.8 Å². The third-order valence-electron chi connectivity index (χ3n) is 1.80. The van der Waals surface area contributed by atoms with Crippen molar-refractivity contribution in [3.8, 4) is 0 Å². The Kier molecular flexibility index (Phi) is 4.06. The fraction of sp³-hybridized carbons (Fsp3) is 0.444. The SMILES string of the molecule is CC(C)=CCNS(=O)(=O)c1sc(N)nc1C. The molecule has 1 rings (SSSR count). The lowest BCUT2D eigenvalue weighted by Crippen LogP contribution is -2.23. The van der Waals surface area contributed by atoms with Crippen LogP contribution >= 0.6 is 11.3 Å². The summed E-state index contributed by atoms with van der Waals surface area (Å²) in [6.45, 7) is 5.72. The zero-order chi connectivity index (χ0) is 12.3. The third-order valence-corrected chi connectivity index (χ3v) is 4.82. The first kappa shape index (κ1) is 13.1. The number of anilines is 1. The van der Waals surface area contributed by atoms with Crippen LogP contribution in [0.25, 0.3) is 0 Å². The molecule has 0 amide bonds. The Hall–Kier alpha value is -0.920. The summed E-state index contributed by atoms with van der Waals surface area (Å²) in [4.78, 5) is 3.88. The molecule has 0 aliphatic rings. The van der Waals surface area contributed by atoms with Gasteiger partial charge >= 0.3 is 0 Å². The van der Waals surface area contributed by atoms with Gasteiger partial charge in [0.25, 0.3) is 10.0 Å². The average Bonchev–Trinajstić information content (AvgIpc) is 2.44. The van der Waals surface area contributed by atoms with E-state index >= 15 is 0 Å². The largest absolute Gasteiger partial charge is 0.375 e. The molecular formula is C9H15N3O2S2. The molecule has 0 saturated carbocycles. The fourth-order valence-electron chi connectivity index (χ4n) is 1.07. The molecule has 0 aliphatic carbocycles. The van der Waals surface area contributed by atoms with Gasteiger partial charge in [0.15, 0.2) is 9.34 Å². The van der Waals surface area contributed by atoms with Gasteiger partial charge in [-0.05, 0) is 20.8 Å². The van der Waals surface area contributed by atoms with Crippen LogP contribution in [0, 0.1) is 6.92 Å². The van der Waals surface area contributed by atoms with Gasteiger partial charge < -0.3 is 5.73 Å². The zero-order valence-corrected chi connectivity index (χ0v) is 11.1. The molecule has 7 heteroatoms. The number of allylic oxidation sites excluding steroid dienone is 1. The first-order valence-electron chi connectivity index (χ1n) is 4.69. The van der Waals surface area contributed by atoms with E-state index in [-0.39, 0.29) is 15.9 Å². The fourth-order valence-corrected chi connectivity index (χ4v) is 3.38. The van der Waals surface area contributed by atoms with E-state index < -0.39 is 10.0 Å². The quantitative estimate of drug-likeness (QED) is 0.799. The van der Waals surface area contributed by atoms with Gasteiger partial charge in [0.05, 0.1) is 5.69 Å². The Bertz CT molecular complexity index is 499. The molecule has 0 bridgehead atoms. The second-order valence-electron chi connectivity index (χ2n) is 3.56. The van der Waals surface area contributed by atoms with Gasteiger partial charge in [-0.2, -0.15) is 0 Å². The van der Waals surface area contributed by atoms with Crippen LogP contribution in [-0.2, 0) is 10.0 Å². The first-order valence-corrected chi connectivity index (χ1v) is 6.99. The molecule has 5 nitrogen and oxygen atoms in total. The number of hydrogen-bond acceptors (Lipinski definition) is 5.